The van der Waals surface area contributed by atoms with Crippen LogP contribution in [0.2, 0.25) is 0 Å². The van der Waals surface area contributed by atoms with Crippen molar-refractivity contribution in [3.05, 3.63) is 58.6 Å². The predicted molar refractivity (Wildman–Crippen MR) is 115 cm³/mol. The van der Waals surface area contributed by atoms with Crippen LogP contribution in [0.3, 0.4) is 0 Å². The number of amides is 1. The summed E-state index contributed by atoms with van der Waals surface area (Å²) >= 11 is 8.61. The summed E-state index contributed by atoms with van der Waals surface area (Å²) in [6.45, 7) is 3.38. The van der Waals surface area contributed by atoms with Crippen molar-refractivity contribution in [2.75, 3.05) is 16.8 Å². The molecule has 4 nitrogen and oxygen atoms in total. The van der Waals surface area contributed by atoms with Gasteiger partial charge in [0.15, 0.2) is 5.11 Å². The number of hydrogen-bond acceptors (Lipinski definition) is 3. The molecular weight excluding hydrogens is 410 g/mol. The lowest BCUT2D eigenvalue weighted by atomic mass is 10.0. The number of rotatable bonds is 3. The fourth-order valence-electron chi connectivity index (χ4n) is 3.16. The SMILES string of the molecule is CC1CCCCN1c1ccc(NC(=S)NC(=O)c2ccc(Br)cc2)cc1. The second-order valence-corrected chi connectivity index (χ2v) is 7.82. The quantitative estimate of drug-likeness (QED) is 0.674. The van der Waals surface area contributed by atoms with Crippen LogP contribution in [0, 0.1) is 0 Å². The number of nitrogens with zero attached hydrogens (tertiary/aromatic N) is 1. The standard InChI is InChI=1S/C20H22BrN3OS/c1-14-4-2-3-13-24(14)18-11-9-17(10-12-18)22-20(26)23-19(25)15-5-7-16(21)8-6-15/h5-12,14H,2-4,13H2,1H3,(H2,22,23,25,26). The highest BCUT2D eigenvalue weighted by Gasteiger charge is 2.18. The number of nitrogens with one attached hydrogen (secondary N) is 2. The molecule has 1 amide bonds. The molecule has 0 radical (unpaired) electrons. The van der Waals surface area contributed by atoms with Gasteiger partial charge in [0.25, 0.3) is 5.91 Å². The van der Waals surface area contributed by atoms with Crippen molar-refractivity contribution in [1.82, 2.24) is 5.32 Å². The molecule has 2 aromatic carbocycles. The Morgan fingerprint density at radius 3 is 2.46 bits per heavy atom. The summed E-state index contributed by atoms with van der Waals surface area (Å²) in [5.74, 6) is -0.228. The van der Waals surface area contributed by atoms with Crippen LogP contribution in [0.4, 0.5) is 11.4 Å². The number of carbonyl (C=O) groups excluding carboxylic acids is 1. The monoisotopic (exact) mass is 431 g/mol. The maximum Gasteiger partial charge on any atom is 0.257 e. The number of anilines is 2. The lowest BCUT2D eigenvalue weighted by Gasteiger charge is -2.35. The number of hydrogen-bond donors (Lipinski definition) is 2. The lowest BCUT2D eigenvalue weighted by Crippen LogP contribution is -2.37. The van der Waals surface area contributed by atoms with Gasteiger partial charge in [0.2, 0.25) is 0 Å². The molecule has 3 rings (SSSR count). The second-order valence-electron chi connectivity index (χ2n) is 6.50. The van der Waals surface area contributed by atoms with E-state index in [1.54, 1.807) is 12.1 Å². The fourth-order valence-corrected chi connectivity index (χ4v) is 3.63. The van der Waals surface area contributed by atoms with E-state index < -0.39 is 0 Å². The van der Waals surface area contributed by atoms with E-state index in [4.69, 9.17) is 12.2 Å². The number of carbonyl (C=O) groups is 1. The third kappa shape index (κ3) is 4.83. The Balaban J connectivity index is 1.57. The van der Waals surface area contributed by atoms with Crippen LogP contribution in [-0.4, -0.2) is 23.6 Å². The van der Waals surface area contributed by atoms with Crippen LogP contribution in [0.1, 0.15) is 36.5 Å². The van der Waals surface area contributed by atoms with E-state index in [2.05, 4.69) is 50.5 Å². The van der Waals surface area contributed by atoms with E-state index in [9.17, 15) is 4.79 Å². The molecule has 1 aliphatic rings. The maximum absolute atomic E-state index is 12.2. The molecule has 1 atom stereocenters. The van der Waals surface area contributed by atoms with Crippen LogP contribution in [0.5, 0.6) is 0 Å². The molecule has 1 unspecified atom stereocenters. The molecule has 1 aliphatic heterocycles. The number of halogens is 1. The molecule has 136 valence electrons. The van der Waals surface area contributed by atoms with Crippen molar-refractivity contribution in [3.63, 3.8) is 0 Å². The van der Waals surface area contributed by atoms with Crippen molar-refractivity contribution < 1.29 is 4.79 Å². The van der Waals surface area contributed by atoms with Gasteiger partial charge in [-0.1, -0.05) is 15.9 Å². The molecule has 0 aliphatic carbocycles. The summed E-state index contributed by atoms with van der Waals surface area (Å²) in [7, 11) is 0. The first-order valence-corrected chi connectivity index (χ1v) is 9.97. The van der Waals surface area contributed by atoms with E-state index in [-0.39, 0.29) is 11.0 Å². The van der Waals surface area contributed by atoms with Crippen LogP contribution in [0.15, 0.2) is 53.0 Å². The summed E-state index contributed by atoms with van der Waals surface area (Å²) in [6.07, 6.45) is 3.80. The first-order valence-electron chi connectivity index (χ1n) is 8.77. The van der Waals surface area contributed by atoms with E-state index >= 15 is 0 Å². The number of benzene rings is 2. The molecule has 2 N–H and O–H groups in total. The third-order valence-corrected chi connectivity index (χ3v) is 5.33. The topological polar surface area (TPSA) is 44.4 Å². The van der Waals surface area contributed by atoms with Crippen LogP contribution in [0.25, 0.3) is 0 Å². The van der Waals surface area contributed by atoms with E-state index in [0.717, 1.165) is 16.7 Å². The van der Waals surface area contributed by atoms with Gasteiger partial charge in [-0.25, -0.2) is 0 Å². The lowest BCUT2D eigenvalue weighted by molar-refractivity contribution is 0.0977. The van der Waals surface area contributed by atoms with Crippen LogP contribution < -0.4 is 15.5 Å². The average molecular weight is 432 g/mol. The highest BCUT2D eigenvalue weighted by Crippen LogP contribution is 2.25. The van der Waals surface area contributed by atoms with Gasteiger partial charge < -0.3 is 10.2 Å². The summed E-state index contributed by atoms with van der Waals surface area (Å²) in [5, 5.41) is 6.06. The Morgan fingerprint density at radius 1 is 1.12 bits per heavy atom. The van der Waals surface area contributed by atoms with Crippen LogP contribution in [-0.2, 0) is 0 Å². The zero-order chi connectivity index (χ0) is 18.5. The summed E-state index contributed by atoms with van der Waals surface area (Å²) in [6, 6.07) is 15.9. The summed E-state index contributed by atoms with van der Waals surface area (Å²) in [5.41, 5.74) is 2.65. The van der Waals surface area contributed by atoms with Gasteiger partial charge in [-0.3, -0.25) is 10.1 Å². The molecule has 1 heterocycles. The van der Waals surface area contributed by atoms with E-state index in [1.807, 2.05) is 24.3 Å². The molecule has 0 aromatic heterocycles. The minimum absolute atomic E-state index is 0.228. The number of piperidine rings is 1. The van der Waals surface area contributed by atoms with Gasteiger partial charge in [-0.05, 0) is 86.9 Å². The van der Waals surface area contributed by atoms with Gasteiger partial charge >= 0.3 is 0 Å². The number of thiocarbonyl (C=S) groups is 1. The molecule has 2 aromatic rings. The minimum atomic E-state index is -0.228. The van der Waals surface area contributed by atoms with Crippen molar-refractivity contribution in [2.45, 2.75) is 32.2 Å². The fraction of sp³-hybridized carbons (Fsp3) is 0.300. The molecule has 1 fully saturated rings. The Kier molecular flexibility index (Phi) is 6.27. The van der Waals surface area contributed by atoms with E-state index in [0.29, 0.717) is 11.6 Å². The zero-order valence-corrected chi connectivity index (χ0v) is 17.1. The van der Waals surface area contributed by atoms with E-state index in [1.165, 1.54) is 24.9 Å². The van der Waals surface area contributed by atoms with Crippen molar-refractivity contribution in [1.29, 1.82) is 0 Å². The molecule has 26 heavy (non-hydrogen) atoms. The Morgan fingerprint density at radius 2 is 1.81 bits per heavy atom. The van der Waals surface area contributed by atoms with Gasteiger partial charge in [0, 0.05) is 34.0 Å². The highest BCUT2D eigenvalue weighted by atomic mass is 79.9. The molecular formula is C20H22BrN3OS. The zero-order valence-electron chi connectivity index (χ0n) is 14.7. The largest absolute Gasteiger partial charge is 0.369 e. The smallest absolute Gasteiger partial charge is 0.257 e. The molecule has 6 heteroatoms. The Hall–Kier alpha value is -1.92. The molecule has 0 bridgehead atoms. The van der Waals surface area contributed by atoms with Gasteiger partial charge in [-0.2, -0.15) is 0 Å². The van der Waals surface area contributed by atoms with Gasteiger partial charge in [-0.15, -0.1) is 0 Å². The third-order valence-electron chi connectivity index (χ3n) is 4.59. The Labute approximate surface area is 168 Å². The molecule has 0 spiro atoms. The highest BCUT2D eigenvalue weighted by molar-refractivity contribution is 9.10. The Bertz CT molecular complexity index is 777. The first kappa shape index (κ1) is 18.9. The van der Waals surface area contributed by atoms with Crippen molar-refractivity contribution in [3.8, 4) is 0 Å². The molecule has 0 saturated carbocycles. The summed E-state index contributed by atoms with van der Waals surface area (Å²) < 4.78 is 0.929. The van der Waals surface area contributed by atoms with Crippen molar-refractivity contribution in [2.24, 2.45) is 0 Å². The van der Waals surface area contributed by atoms with Crippen molar-refractivity contribution >= 4 is 50.5 Å². The predicted octanol–water partition coefficient (Wildman–Crippen LogP) is 4.95. The summed E-state index contributed by atoms with van der Waals surface area (Å²) in [4.78, 5) is 14.6. The molecule has 1 saturated heterocycles. The van der Waals surface area contributed by atoms with Gasteiger partial charge in [0.1, 0.15) is 0 Å². The first-order chi connectivity index (χ1) is 12.5. The second kappa shape index (κ2) is 8.64. The van der Waals surface area contributed by atoms with Gasteiger partial charge in [0.05, 0.1) is 0 Å². The average Bonchev–Trinajstić information content (AvgIpc) is 2.63. The minimum Gasteiger partial charge on any atom is -0.369 e. The normalized spacial score (nSPS) is 16.8. The maximum atomic E-state index is 12.2. The van der Waals surface area contributed by atoms with Crippen LogP contribution >= 0.6 is 28.1 Å².